The summed E-state index contributed by atoms with van der Waals surface area (Å²) in [7, 11) is 1.61. The van der Waals surface area contributed by atoms with Gasteiger partial charge in [-0.3, -0.25) is 0 Å². The van der Waals surface area contributed by atoms with Crippen molar-refractivity contribution in [3.63, 3.8) is 0 Å². The molecule has 0 radical (unpaired) electrons. The molecule has 11 nitrogen and oxygen atoms in total. The average molecular weight is 475 g/mol. The van der Waals surface area contributed by atoms with Gasteiger partial charge in [0.05, 0.1) is 19.0 Å². The number of aryl methyl sites for hydroxylation is 1. The van der Waals surface area contributed by atoms with Gasteiger partial charge in [-0.05, 0) is 68.1 Å². The van der Waals surface area contributed by atoms with Gasteiger partial charge in [-0.2, -0.15) is 14.9 Å². The first-order valence-electron chi connectivity index (χ1n) is 12.1. The van der Waals surface area contributed by atoms with Crippen molar-refractivity contribution in [3.05, 3.63) is 35.8 Å². The molecule has 35 heavy (non-hydrogen) atoms. The topological polar surface area (TPSA) is 130 Å². The van der Waals surface area contributed by atoms with Crippen LogP contribution in [0.1, 0.15) is 43.5 Å². The molecule has 0 saturated carbocycles. The molecule has 2 fully saturated rings. The van der Waals surface area contributed by atoms with E-state index in [1.807, 2.05) is 25.1 Å². The molecule has 11 heteroatoms. The van der Waals surface area contributed by atoms with Gasteiger partial charge in [-0.1, -0.05) is 6.42 Å². The van der Waals surface area contributed by atoms with Gasteiger partial charge in [0.1, 0.15) is 23.2 Å². The molecular weight excluding hydrogens is 444 g/mol. The van der Waals surface area contributed by atoms with E-state index in [9.17, 15) is 5.26 Å². The van der Waals surface area contributed by atoms with E-state index < -0.39 is 0 Å². The molecule has 4 heterocycles. The zero-order chi connectivity index (χ0) is 24.2. The molecule has 0 bridgehead atoms. The molecule has 2 atom stereocenters. The maximum absolute atomic E-state index is 9.62. The van der Waals surface area contributed by atoms with Crippen molar-refractivity contribution in [3.8, 4) is 17.5 Å². The van der Waals surface area contributed by atoms with Crippen LogP contribution in [0.25, 0.3) is 5.69 Å². The summed E-state index contributed by atoms with van der Waals surface area (Å²) in [6.07, 6.45) is 7.84. The molecule has 0 unspecified atom stereocenters. The summed E-state index contributed by atoms with van der Waals surface area (Å²) in [4.78, 5) is 11.6. The molecule has 0 spiro atoms. The van der Waals surface area contributed by atoms with Crippen molar-refractivity contribution >= 4 is 17.5 Å². The monoisotopic (exact) mass is 474 g/mol. The third-order valence-electron chi connectivity index (χ3n) is 6.92. The number of ether oxygens (including phenoxy) is 1. The highest BCUT2D eigenvalue weighted by molar-refractivity contribution is 5.63. The maximum Gasteiger partial charge on any atom is 0.229 e. The van der Waals surface area contributed by atoms with E-state index in [4.69, 9.17) is 4.74 Å². The molecule has 0 amide bonds. The van der Waals surface area contributed by atoms with Gasteiger partial charge < -0.3 is 20.3 Å². The highest BCUT2D eigenvalue weighted by atomic mass is 16.5. The lowest BCUT2D eigenvalue weighted by molar-refractivity contribution is 0.0649. The minimum Gasteiger partial charge on any atom is -0.497 e. The van der Waals surface area contributed by atoms with Crippen molar-refractivity contribution in [1.82, 2.24) is 35.1 Å². The summed E-state index contributed by atoms with van der Waals surface area (Å²) in [6.45, 7) is 5.04. The number of piperidine rings is 2. The van der Waals surface area contributed by atoms with E-state index in [0.29, 0.717) is 40.9 Å². The fraction of sp³-hybridized carbons (Fsp3) is 0.500. The van der Waals surface area contributed by atoms with E-state index in [1.165, 1.54) is 45.2 Å². The minimum atomic E-state index is 0.391. The first kappa shape index (κ1) is 23.0. The van der Waals surface area contributed by atoms with Crippen LogP contribution in [-0.2, 0) is 0 Å². The quantitative estimate of drug-likeness (QED) is 0.527. The van der Waals surface area contributed by atoms with Crippen LogP contribution < -0.4 is 15.4 Å². The number of nitrogens with one attached hydrogen (secondary N) is 2. The van der Waals surface area contributed by atoms with Crippen molar-refractivity contribution in [2.75, 3.05) is 37.4 Å². The number of nitrogens with zero attached hydrogens (tertiary/aromatic N) is 8. The molecule has 2 N–H and O–H groups in total. The molecule has 0 aliphatic carbocycles. The van der Waals surface area contributed by atoms with Crippen molar-refractivity contribution < 1.29 is 4.74 Å². The second-order valence-electron chi connectivity index (χ2n) is 9.13. The lowest BCUT2D eigenvalue weighted by Gasteiger charge is -2.44. The summed E-state index contributed by atoms with van der Waals surface area (Å²) < 4.78 is 7.08. The van der Waals surface area contributed by atoms with Gasteiger partial charge in [-0.15, -0.1) is 5.10 Å². The Labute approximate surface area is 204 Å². The van der Waals surface area contributed by atoms with Crippen molar-refractivity contribution in [1.29, 1.82) is 5.26 Å². The number of methoxy groups -OCH3 is 1. The summed E-state index contributed by atoms with van der Waals surface area (Å²) in [5, 5.41) is 28.0. The number of aromatic nitrogens is 6. The van der Waals surface area contributed by atoms with Gasteiger partial charge in [0, 0.05) is 30.4 Å². The predicted molar refractivity (Wildman–Crippen MR) is 131 cm³/mol. The number of anilines is 3. The SMILES string of the molecule is COc1cc(Nc2ncc(C#N)c(NC[C@@H]3CCCN4CCCC[C@H]34)n2)cc(-n2nnnc2C)c1. The Morgan fingerprint density at radius 2 is 2.06 bits per heavy atom. The maximum atomic E-state index is 9.62. The number of hydrogen-bond donors (Lipinski definition) is 2. The highest BCUT2D eigenvalue weighted by Crippen LogP contribution is 2.31. The third kappa shape index (κ3) is 5.02. The fourth-order valence-electron chi connectivity index (χ4n) is 5.20. The number of tetrazole rings is 1. The van der Waals surface area contributed by atoms with Gasteiger partial charge >= 0.3 is 0 Å². The molecular formula is C24H30N10O. The van der Waals surface area contributed by atoms with E-state index in [1.54, 1.807) is 18.0 Å². The number of rotatable bonds is 7. The zero-order valence-corrected chi connectivity index (χ0v) is 20.1. The second-order valence-corrected chi connectivity index (χ2v) is 9.13. The largest absolute Gasteiger partial charge is 0.497 e. The molecule has 2 saturated heterocycles. The second kappa shape index (κ2) is 10.2. The first-order valence-corrected chi connectivity index (χ1v) is 12.1. The smallest absolute Gasteiger partial charge is 0.229 e. The number of nitriles is 1. The van der Waals surface area contributed by atoms with Crippen LogP contribution in [0, 0.1) is 24.2 Å². The Kier molecular flexibility index (Phi) is 6.72. The fourth-order valence-corrected chi connectivity index (χ4v) is 5.20. The average Bonchev–Trinajstić information content (AvgIpc) is 3.33. The van der Waals surface area contributed by atoms with Crippen LogP contribution in [-0.4, -0.2) is 67.9 Å². The molecule has 2 aliphatic heterocycles. The Morgan fingerprint density at radius 1 is 1.17 bits per heavy atom. The predicted octanol–water partition coefficient (Wildman–Crippen LogP) is 3.06. The minimum absolute atomic E-state index is 0.391. The molecule has 3 aromatic rings. The number of hydrogen-bond acceptors (Lipinski definition) is 10. The van der Waals surface area contributed by atoms with Gasteiger partial charge in [-0.25, -0.2) is 4.98 Å². The molecule has 182 valence electrons. The summed E-state index contributed by atoms with van der Waals surface area (Å²) in [6, 6.07) is 8.42. The third-order valence-corrected chi connectivity index (χ3v) is 6.92. The number of benzene rings is 1. The van der Waals surface area contributed by atoms with Crippen LogP contribution in [0.2, 0.25) is 0 Å². The van der Waals surface area contributed by atoms with Gasteiger partial charge in [0.25, 0.3) is 0 Å². The Hall–Kier alpha value is -3.78. The van der Waals surface area contributed by atoms with E-state index >= 15 is 0 Å². The highest BCUT2D eigenvalue weighted by Gasteiger charge is 2.32. The molecule has 5 rings (SSSR count). The number of fused-ring (bicyclic) bond motifs is 1. The molecule has 2 aromatic heterocycles. The van der Waals surface area contributed by atoms with Crippen LogP contribution in [0.3, 0.4) is 0 Å². The van der Waals surface area contributed by atoms with E-state index in [0.717, 1.165) is 17.9 Å². The molecule has 2 aliphatic rings. The summed E-state index contributed by atoms with van der Waals surface area (Å²) >= 11 is 0. The first-order chi connectivity index (χ1) is 17.1. The molecule has 1 aromatic carbocycles. The van der Waals surface area contributed by atoms with Gasteiger partial charge in [0.2, 0.25) is 5.95 Å². The lowest BCUT2D eigenvalue weighted by Crippen LogP contribution is -2.49. The van der Waals surface area contributed by atoms with Crippen molar-refractivity contribution in [2.24, 2.45) is 5.92 Å². The van der Waals surface area contributed by atoms with Crippen LogP contribution in [0.4, 0.5) is 17.5 Å². The van der Waals surface area contributed by atoms with E-state index in [2.05, 4.69) is 47.1 Å². The zero-order valence-electron chi connectivity index (χ0n) is 20.1. The normalized spacial score (nSPS) is 20.0. The standard InChI is InChI=1S/C24H30N10O/c1-16-30-31-32-34(16)20-10-19(11-21(12-20)35-2)28-24-27-15-18(13-25)23(29-24)26-14-17-6-5-9-33-8-4-3-7-22(17)33/h10-12,15,17,22H,3-9,14H2,1-2H3,(H2,26,27,28,29)/t17-,22+/m0/s1. The summed E-state index contributed by atoms with van der Waals surface area (Å²) in [5.74, 6) is 2.80. The van der Waals surface area contributed by atoms with E-state index in [-0.39, 0.29) is 0 Å². The van der Waals surface area contributed by atoms with Crippen LogP contribution in [0.15, 0.2) is 24.4 Å². The Morgan fingerprint density at radius 3 is 2.86 bits per heavy atom. The Bertz CT molecular complexity index is 1220. The van der Waals surface area contributed by atoms with Gasteiger partial charge in [0.15, 0.2) is 5.82 Å². The Balaban J connectivity index is 1.34. The van der Waals surface area contributed by atoms with Crippen molar-refractivity contribution in [2.45, 2.75) is 45.1 Å². The lowest BCUT2D eigenvalue weighted by atomic mass is 9.83. The summed E-state index contributed by atoms with van der Waals surface area (Å²) in [5.41, 5.74) is 1.90. The van der Waals surface area contributed by atoms with Crippen LogP contribution in [0.5, 0.6) is 5.75 Å². The van der Waals surface area contributed by atoms with Crippen LogP contribution >= 0.6 is 0 Å².